The third kappa shape index (κ3) is 3.91. The van der Waals surface area contributed by atoms with Gasteiger partial charge in [-0.3, -0.25) is 0 Å². The van der Waals surface area contributed by atoms with Crippen LogP contribution in [0.25, 0.3) is 0 Å². The molecular formula is C12H12ClFO. The molecule has 1 aromatic carbocycles. The average Bonchev–Trinajstić information content (AvgIpc) is 2.19. The van der Waals surface area contributed by atoms with E-state index >= 15 is 0 Å². The van der Waals surface area contributed by atoms with Crippen LogP contribution in [-0.2, 0) is 6.42 Å². The van der Waals surface area contributed by atoms with Crippen LogP contribution >= 0.6 is 11.6 Å². The summed E-state index contributed by atoms with van der Waals surface area (Å²) in [6, 6.07) is 4.15. The van der Waals surface area contributed by atoms with E-state index in [2.05, 4.69) is 5.92 Å². The van der Waals surface area contributed by atoms with Crippen LogP contribution in [0.4, 0.5) is 4.39 Å². The van der Waals surface area contributed by atoms with Crippen LogP contribution in [-0.4, -0.2) is 11.2 Å². The van der Waals surface area contributed by atoms with Gasteiger partial charge < -0.3 is 5.11 Å². The molecule has 0 saturated carbocycles. The summed E-state index contributed by atoms with van der Waals surface area (Å²) in [7, 11) is 0. The van der Waals surface area contributed by atoms with Crippen molar-refractivity contribution in [3.05, 3.63) is 34.6 Å². The number of hydrogen-bond donors (Lipinski definition) is 1. The molecule has 0 radical (unpaired) electrons. The van der Waals surface area contributed by atoms with Crippen molar-refractivity contribution >= 4 is 11.6 Å². The topological polar surface area (TPSA) is 20.2 Å². The molecule has 0 aliphatic rings. The quantitative estimate of drug-likeness (QED) is 0.783. The second-order valence-electron chi connectivity index (χ2n) is 3.34. The summed E-state index contributed by atoms with van der Waals surface area (Å²) in [5, 5.41) is 9.92. The molecule has 0 aliphatic carbocycles. The second kappa shape index (κ2) is 5.75. The minimum absolute atomic E-state index is 0.342. The molecule has 1 nitrogen and oxygen atoms in total. The van der Waals surface area contributed by atoms with Gasteiger partial charge in [0.05, 0.1) is 6.10 Å². The third-order valence-electron chi connectivity index (χ3n) is 2.09. The summed E-state index contributed by atoms with van der Waals surface area (Å²) >= 11 is 5.82. The normalized spacial score (nSPS) is 12.1. The number of aliphatic hydroxyl groups excluding tert-OH is 1. The second-order valence-corrected chi connectivity index (χ2v) is 3.74. The van der Waals surface area contributed by atoms with E-state index in [-0.39, 0.29) is 5.82 Å². The molecule has 1 aromatic rings. The molecule has 0 amide bonds. The van der Waals surface area contributed by atoms with Crippen LogP contribution in [0.15, 0.2) is 18.2 Å². The summed E-state index contributed by atoms with van der Waals surface area (Å²) in [6.07, 6.45) is 6.02. The Hall–Kier alpha value is -1.04. The van der Waals surface area contributed by atoms with E-state index < -0.39 is 6.10 Å². The van der Waals surface area contributed by atoms with Crippen molar-refractivity contribution in [3.8, 4) is 12.3 Å². The summed E-state index contributed by atoms with van der Waals surface area (Å²) in [5.74, 6) is 2.08. The molecule has 1 rings (SSSR count). The van der Waals surface area contributed by atoms with Crippen molar-refractivity contribution in [2.24, 2.45) is 0 Å². The Morgan fingerprint density at radius 3 is 2.87 bits per heavy atom. The lowest BCUT2D eigenvalue weighted by atomic mass is 10.0. The molecule has 0 spiro atoms. The van der Waals surface area contributed by atoms with Crippen molar-refractivity contribution in [2.45, 2.75) is 25.4 Å². The number of rotatable bonds is 4. The fourth-order valence-electron chi connectivity index (χ4n) is 1.29. The Morgan fingerprint density at radius 2 is 2.27 bits per heavy atom. The largest absolute Gasteiger partial charge is 0.393 e. The number of halogens is 2. The maximum absolute atomic E-state index is 12.7. The Balaban J connectivity index is 2.61. The monoisotopic (exact) mass is 226 g/mol. The van der Waals surface area contributed by atoms with Crippen molar-refractivity contribution in [1.82, 2.24) is 0 Å². The summed E-state index contributed by atoms with van der Waals surface area (Å²) in [5.41, 5.74) is 0.739. The Bertz CT molecular complexity index is 370. The van der Waals surface area contributed by atoms with E-state index in [4.69, 9.17) is 18.0 Å². The van der Waals surface area contributed by atoms with E-state index in [9.17, 15) is 9.50 Å². The molecule has 1 N–H and O–H groups in total. The lowest BCUT2D eigenvalue weighted by molar-refractivity contribution is 0.166. The van der Waals surface area contributed by atoms with Gasteiger partial charge in [-0.1, -0.05) is 17.7 Å². The SMILES string of the molecule is C#CCCC(O)Cc1ccc(F)cc1Cl. The third-order valence-corrected chi connectivity index (χ3v) is 2.44. The van der Waals surface area contributed by atoms with Gasteiger partial charge in [0.2, 0.25) is 0 Å². The zero-order chi connectivity index (χ0) is 11.3. The standard InChI is InChI=1S/C12H12ClFO/c1-2-3-4-11(15)7-9-5-6-10(14)8-12(9)13/h1,5-6,8,11,15H,3-4,7H2. The van der Waals surface area contributed by atoms with E-state index in [1.807, 2.05) is 0 Å². The van der Waals surface area contributed by atoms with Gasteiger partial charge in [-0.25, -0.2) is 4.39 Å². The van der Waals surface area contributed by atoms with Crippen molar-refractivity contribution in [3.63, 3.8) is 0 Å². The predicted octanol–water partition coefficient (Wildman–Crippen LogP) is 2.80. The number of terminal acetylenes is 1. The summed E-state index contributed by atoms with van der Waals surface area (Å²) < 4.78 is 12.7. The number of hydrogen-bond acceptors (Lipinski definition) is 1. The smallest absolute Gasteiger partial charge is 0.124 e. The summed E-state index contributed by atoms with van der Waals surface area (Å²) in [6.45, 7) is 0. The molecule has 0 heterocycles. The van der Waals surface area contributed by atoms with Crippen molar-refractivity contribution in [1.29, 1.82) is 0 Å². The Kier molecular flexibility index (Phi) is 4.61. The zero-order valence-corrected chi connectivity index (χ0v) is 8.97. The highest BCUT2D eigenvalue weighted by Gasteiger charge is 2.08. The maximum Gasteiger partial charge on any atom is 0.124 e. The van der Waals surface area contributed by atoms with Crippen LogP contribution in [0, 0.1) is 18.2 Å². The van der Waals surface area contributed by atoms with Gasteiger partial charge in [0, 0.05) is 11.4 Å². The molecule has 1 unspecified atom stereocenters. The van der Waals surface area contributed by atoms with Gasteiger partial charge in [0.15, 0.2) is 0 Å². The first-order valence-electron chi connectivity index (χ1n) is 4.69. The fourth-order valence-corrected chi connectivity index (χ4v) is 1.54. The molecule has 3 heteroatoms. The van der Waals surface area contributed by atoms with Crippen LogP contribution in [0.1, 0.15) is 18.4 Å². The molecule has 1 atom stereocenters. The highest BCUT2D eigenvalue weighted by molar-refractivity contribution is 6.31. The van der Waals surface area contributed by atoms with Gasteiger partial charge in [-0.2, -0.15) is 0 Å². The van der Waals surface area contributed by atoms with Crippen LogP contribution < -0.4 is 0 Å². The van der Waals surface area contributed by atoms with Gasteiger partial charge in [-0.05, 0) is 30.5 Å². The minimum atomic E-state index is -0.524. The zero-order valence-electron chi connectivity index (χ0n) is 8.21. The lowest BCUT2D eigenvalue weighted by Crippen LogP contribution is -2.10. The first-order chi connectivity index (χ1) is 7.13. The molecule has 0 saturated heterocycles. The lowest BCUT2D eigenvalue weighted by Gasteiger charge is -2.10. The predicted molar refractivity (Wildman–Crippen MR) is 59.2 cm³/mol. The highest BCUT2D eigenvalue weighted by atomic mass is 35.5. The molecule has 0 fully saturated rings. The maximum atomic E-state index is 12.7. The van der Waals surface area contributed by atoms with E-state index in [0.29, 0.717) is 24.3 Å². The Morgan fingerprint density at radius 1 is 1.53 bits per heavy atom. The molecule has 0 aliphatic heterocycles. The van der Waals surface area contributed by atoms with E-state index in [1.54, 1.807) is 6.07 Å². The number of benzene rings is 1. The fraction of sp³-hybridized carbons (Fsp3) is 0.333. The van der Waals surface area contributed by atoms with Crippen LogP contribution in [0.2, 0.25) is 5.02 Å². The molecule has 0 aromatic heterocycles. The molecule has 15 heavy (non-hydrogen) atoms. The van der Waals surface area contributed by atoms with Crippen LogP contribution in [0.5, 0.6) is 0 Å². The van der Waals surface area contributed by atoms with Gasteiger partial charge >= 0.3 is 0 Å². The minimum Gasteiger partial charge on any atom is -0.393 e. The van der Waals surface area contributed by atoms with Gasteiger partial charge in [0.25, 0.3) is 0 Å². The van der Waals surface area contributed by atoms with Gasteiger partial charge in [-0.15, -0.1) is 12.3 Å². The van der Waals surface area contributed by atoms with E-state index in [1.165, 1.54) is 12.1 Å². The summed E-state index contributed by atoms with van der Waals surface area (Å²) in [4.78, 5) is 0. The van der Waals surface area contributed by atoms with Crippen molar-refractivity contribution in [2.75, 3.05) is 0 Å². The Labute approximate surface area is 93.9 Å². The average molecular weight is 227 g/mol. The van der Waals surface area contributed by atoms with Crippen LogP contribution in [0.3, 0.4) is 0 Å². The number of aliphatic hydroxyl groups is 1. The molecular weight excluding hydrogens is 215 g/mol. The molecule has 80 valence electrons. The van der Waals surface area contributed by atoms with E-state index in [0.717, 1.165) is 5.56 Å². The molecule has 0 bridgehead atoms. The first kappa shape index (κ1) is 12.0. The van der Waals surface area contributed by atoms with Gasteiger partial charge in [0.1, 0.15) is 5.82 Å². The first-order valence-corrected chi connectivity index (χ1v) is 5.06. The highest BCUT2D eigenvalue weighted by Crippen LogP contribution is 2.19. The van der Waals surface area contributed by atoms with Crippen molar-refractivity contribution < 1.29 is 9.50 Å².